The zero-order chi connectivity index (χ0) is 17.3. The van der Waals surface area contributed by atoms with E-state index in [1.807, 2.05) is 41.3 Å². The summed E-state index contributed by atoms with van der Waals surface area (Å²) >= 11 is 0. The lowest BCUT2D eigenvalue weighted by Gasteiger charge is -2.31. The Morgan fingerprint density at radius 3 is 2.60 bits per heavy atom. The monoisotopic (exact) mass is 358 g/mol. The highest BCUT2D eigenvalue weighted by atomic mass is 32.2. The molecule has 25 heavy (non-hydrogen) atoms. The summed E-state index contributed by atoms with van der Waals surface area (Å²) in [6.45, 7) is 0.428. The van der Waals surface area contributed by atoms with Gasteiger partial charge in [0.05, 0.1) is 11.9 Å². The van der Waals surface area contributed by atoms with Crippen LogP contribution in [0.4, 0.5) is 0 Å². The molecule has 3 aliphatic rings. The van der Waals surface area contributed by atoms with E-state index in [0.717, 1.165) is 29.9 Å². The molecule has 0 atom stereocenters. The SMILES string of the molecule is O=S1(=O)CCN2C(c3ccc(OC4CCCCC4)cc3)=CC=CC2=N1. The predicted molar refractivity (Wildman–Crippen MR) is 99.0 cm³/mol. The molecule has 2 heterocycles. The Hall–Kier alpha value is -2.08. The van der Waals surface area contributed by atoms with E-state index in [-0.39, 0.29) is 5.75 Å². The van der Waals surface area contributed by atoms with E-state index < -0.39 is 10.0 Å². The van der Waals surface area contributed by atoms with Crippen molar-refractivity contribution in [2.75, 3.05) is 12.3 Å². The van der Waals surface area contributed by atoms with Gasteiger partial charge in [-0.05, 0) is 67.7 Å². The summed E-state index contributed by atoms with van der Waals surface area (Å²) in [5.74, 6) is 1.44. The number of benzene rings is 1. The Bertz CT molecular complexity index is 832. The second-order valence-electron chi connectivity index (χ2n) is 6.70. The van der Waals surface area contributed by atoms with Crippen LogP contribution in [0.15, 0.2) is 46.9 Å². The van der Waals surface area contributed by atoms with Crippen LogP contribution in [0, 0.1) is 0 Å². The average Bonchev–Trinajstić information content (AvgIpc) is 2.62. The Morgan fingerprint density at radius 2 is 1.84 bits per heavy atom. The first-order chi connectivity index (χ1) is 12.1. The van der Waals surface area contributed by atoms with Crippen LogP contribution in [-0.4, -0.2) is 37.6 Å². The van der Waals surface area contributed by atoms with Gasteiger partial charge in [-0.15, -0.1) is 4.40 Å². The lowest BCUT2D eigenvalue weighted by Crippen LogP contribution is -2.38. The van der Waals surface area contributed by atoms with Crippen molar-refractivity contribution in [1.29, 1.82) is 0 Å². The summed E-state index contributed by atoms with van der Waals surface area (Å²) < 4.78 is 33.3. The number of hydrogen-bond acceptors (Lipinski definition) is 4. The van der Waals surface area contributed by atoms with Crippen molar-refractivity contribution in [2.45, 2.75) is 38.2 Å². The molecule has 6 heteroatoms. The normalized spacial score (nSPS) is 22.8. The third-order valence-electron chi connectivity index (χ3n) is 4.88. The number of sulfonamides is 1. The minimum atomic E-state index is -3.33. The van der Waals surface area contributed by atoms with Gasteiger partial charge in [-0.3, -0.25) is 0 Å². The molecule has 0 N–H and O–H groups in total. The molecule has 0 radical (unpaired) electrons. The molecule has 1 aromatic carbocycles. The summed E-state index contributed by atoms with van der Waals surface area (Å²) in [6, 6.07) is 8.06. The second-order valence-corrected chi connectivity index (χ2v) is 8.46. The molecule has 5 nitrogen and oxygen atoms in total. The van der Waals surface area contributed by atoms with E-state index in [1.54, 1.807) is 6.08 Å². The zero-order valence-electron chi connectivity index (χ0n) is 14.1. The van der Waals surface area contributed by atoms with Gasteiger partial charge in [-0.1, -0.05) is 12.5 Å². The quantitative estimate of drug-likeness (QED) is 0.831. The maximum absolute atomic E-state index is 11.7. The molecule has 4 rings (SSSR count). The van der Waals surface area contributed by atoms with Crippen LogP contribution in [0.2, 0.25) is 0 Å². The standard InChI is InChI=1S/C19H22N2O3S/c22-25(23)14-13-21-18(7-4-8-19(21)20-25)15-9-11-17(12-10-15)24-16-5-2-1-3-6-16/h4,7-12,16H,1-3,5-6,13-14H2. The van der Waals surface area contributed by atoms with Crippen molar-refractivity contribution in [3.05, 3.63) is 48.1 Å². The summed E-state index contributed by atoms with van der Waals surface area (Å²) in [6.07, 6.45) is 12.0. The largest absolute Gasteiger partial charge is 0.490 e. The van der Waals surface area contributed by atoms with Crippen LogP contribution in [0.3, 0.4) is 0 Å². The van der Waals surface area contributed by atoms with Gasteiger partial charge in [0, 0.05) is 12.2 Å². The third kappa shape index (κ3) is 3.63. The molecule has 1 saturated carbocycles. The molecule has 0 aromatic heterocycles. The Labute approximate surface area is 148 Å². The van der Waals surface area contributed by atoms with Crippen LogP contribution in [0.5, 0.6) is 5.75 Å². The average molecular weight is 358 g/mol. The van der Waals surface area contributed by atoms with E-state index >= 15 is 0 Å². The molecule has 1 aromatic rings. The van der Waals surface area contributed by atoms with E-state index in [2.05, 4.69) is 4.40 Å². The zero-order valence-corrected chi connectivity index (χ0v) is 14.9. The lowest BCUT2D eigenvalue weighted by atomic mass is 9.98. The van der Waals surface area contributed by atoms with Crippen molar-refractivity contribution < 1.29 is 13.2 Å². The molecule has 0 spiro atoms. The van der Waals surface area contributed by atoms with E-state index in [4.69, 9.17) is 4.74 Å². The minimum Gasteiger partial charge on any atom is -0.490 e. The smallest absolute Gasteiger partial charge is 0.256 e. The van der Waals surface area contributed by atoms with Crippen LogP contribution in [-0.2, 0) is 10.0 Å². The van der Waals surface area contributed by atoms with Crippen molar-refractivity contribution in [1.82, 2.24) is 4.90 Å². The maximum Gasteiger partial charge on any atom is 0.256 e. The summed E-state index contributed by atoms with van der Waals surface area (Å²) in [5.41, 5.74) is 2.01. The molecule has 2 aliphatic heterocycles. The highest BCUT2D eigenvalue weighted by Crippen LogP contribution is 2.29. The van der Waals surface area contributed by atoms with Crippen LogP contribution >= 0.6 is 0 Å². The van der Waals surface area contributed by atoms with Crippen LogP contribution < -0.4 is 4.74 Å². The molecule has 0 bridgehead atoms. The molecular weight excluding hydrogens is 336 g/mol. The van der Waals surface area contributed by atoms with E-state index in [9.17, 15) is 8.42 Å². The van der Waals surface area contributed by atoms with Gasteiger partial charge in [-0.2, -0.15) is 0 Å². The van der Waals surface area contributed by atoms with Gasteiger partial charge in [0.15, 0.2) is 0 Å². The molecule has 132 valence electrons. The number of fused-ring (bicyclic) bond motifs is 1. The molecule has 0 amide bonds. The minimum absolute atomic E-state index is 0.0462. The first-order valence-electron chi connectivity index (χ1n) is 8.86. The number of rotatable bonds is 3. The Morgan fingerprint density at radius 1 is 1.08 bits per heavy atom. The predicted octanol–water partition coefficient (Wildman–Crippen LogP) is 3.35. The first-order valence-corrected chi connectivity index (χ1v) is 10.5. The highest BCUT2D eigenvalue weighted by Gasteiger charge is 2.27. The van der Waals surface area contributed by atoms with Gasteiger partial charge < -0.3 is 9.64 Å². The third-order valence-corrected chi connectivity index (χ3v) is 6.04. The fourth-order valence-electron chi connectivity index (χ4n) is 3.57. The summed E-state index contributed by atoms with van der Waals surface area (Å²) in [4.78, 5) is 1.96. The van der Waals surface area contributed by atoms with Crippen molar-refractivity contribution in [3.8, 4) is 5.75 Å². The molecule has 1 fully saturated rings. The highest BCUT2D eigenvalue weighted by molar-refractivity contribution is 7.90. The fraction of sp³-hybridized carbons (Fsp3) is 0.421. The van der Waals surface area contributed by atoms with Crippen LogP contribution in [0.1, 0.15) is 37.7 Å². The number of amidine groups is 1. The molecule has 0 unspecified atom stereocenters. The van der Waals surface area contributed by atoms with Gasteiger partial charge in [0.2, 0.25) is 0 Å². The van der Waals surface area contributed by atoms with E-state index in [0.29, 0.717) is 18.5 Å². The van der Waals surface area contributed by atoms with Gasteiger partial charge in [0.1, 0.15) is 11.6 Å². The fourth-order valence-corrected chi connectivity index (χ4v) is 4.52. The van der Waals surface area contributed by atoms with E-state index in [1.165, 1.54) is 19.3 Å². The van der Waals surface area contributed by atoms with Gasteiger partial charge in [0.25, 0.3) is 10.0 Å². The van der Waals surface area contributed by atoms with Gasteiger partial charge in [-0.25, -0.2) is 8.42 Å². The molecule has 1 aliphatic carbocycles. The number of ether oxygens (including phenoxy) is 1. The first kappa shape index (κ1) is 16.4. The number of nitrogens with zero attached hydrogens (tertiary/aromatic N) is 2. The number of allylic oxidation sites excluding steroid dienone is 2. The van der Waals surface area contributed by atoms with Crippen LogP contribution in [0.25, 0.3) is 5.70 Å². The topological polar surface area (TPSA) is 59.0 Å². The molecule has 0 saturated heterocycles. The molecular formula is C19H22N2O3S. The van der Waals surface area contributed by atoms with Crippen molar-refractivity contribution in [3.63, 3.8) is 0 Å². The second kappa shape index (κ2) is 6.67. The summed E-state index contributed by atoms with van der Waals surface area (Å²) in [7, 11) is -3.33. The van der Waals surface area contributed by atoms with Gasteiger partial charge >= 0.3 is 0 Å². The Kier molecular flexibility index (Phi) is 4.37. The Balaban J connectivity index is 1.52. The van der Waals surface area contributed by atoms with Crippen molar-refractivity contribution >= 4 is 21.6 Å². The maximum atomic E-state index is 11.7. The van der Waals surface area contributed by atoms with Crippen molar-refractivity contribution in [2.24, 2.45) is 4.40 Å². The summed E-state index contributed by atoms with van der Waals surface area (Å²) in [5, 5.41) is 0. The lowest BCUT2D eigenvalue weighted by molar-refractivity contribution is 0.155. The number of hydrogen-bond donors (Lipinski definition) is 0.